The quantitative estimate of drug-likeness (QED) is 0.340. The molecular formula is C25H32BrF2N3O5S. The second-order valence-electron chi connectivity index (χ2n) is 10.6. The number of alkyl halides is 2. The van der Waals surface area contributed by atoms with E-state index in [1.165, 1.54) is 11.3 Å². The van der Waals surface area contributed by atoms with Crippen LogP contribution in [0.15, 0.2) is 27.4 Å². The molecule has 204 valence electrons. The van der Waals surface area contributed by atoms with E-state index in [9.17, 15) is 23.5 Å². The highest BCUT2D eigenvalue weighted by atomic mass is 79.9. The van der Waals surface area contributed by atoms with Crippen molar-refractivity contribution in [2.75, 3.05) is 31.5 Å². The molecule has 3 atom stereocenters. The van der Waals surface area contributed by atoms with Gasteiger partial charge in [0, 0.05) is 55.6 Å². The van der Waals surface area contributed by atoms with Crippen LogP contribution >= 0.6 is 11.3 Å². The fourth-order valence-corrected chi connectivity index (χ4v) is 6.85. The Morgan fingerprint density at radius 3 is 2.70 bits per heavy atom. The van der Waals surface area contributed by atoms with Gasteiger partial charge in [-0.25, -0.2) is 13.6 Å². The molecule has 8 nitrogen and oxygen atoms in total. The normalized spacial score (nSPS) is 29.8. The Bertz CT molecular complexity index is 1110. The summed E-state index contributed by atoms with van der Waals surface area (Å²) in [5, 5.41) is 21.6. The number of piperidine rings is 3. The van der Waals surface area contributed by atoms with Gasteiger partial charge in [-0.2, -0.15) is 11.3 Å². The minimum atomic E-state index is -2.91. The van der Waals surface area contributed by atoms with Gasteiger partial charge in [0.15, 0.2) is 24.1 Å². The Hall–Kier alpha value is -1.89. The van der Waals surface area contributed by atoms with Crippen LogP contribution in [0.5, 0.6) is 0 Å². The van der Waals surface area contributed by atoms with E-state index in [4.69, 9.17) is 9.26 Å². The average Bonchev–Trinajstić information content (AvgIpc) is 3.60. The second-order valence-corrected chi connectivity index (χ2v) is 11.3. The van der Waals surface area contributed by atoms with E-state index in [1.807, 2.05) is 6.92 Å². The fourth-order valence-electron chi connectivity index (χ4n) is 6.14. The first-order valence-electron chi connectivity index (χ1n) is 12.6. The van der Waals surface area contributed by atoms with Crippen LogP contribution in [-0.4, -0.2) is 64.8 Å². The molecule has 1 amide bonds. The van der Waals surface area contributed by atoms with Crippen molar-refractivity contribution in [2.24, 2.45) is 11.8 Å². The van der Waals surface area contributed by atoms with Crippen LogP contribution in [0.25, 0.3) is 0 Å². The number of nitrogens with zero attached hydrogens (tertiary/aromatic N) is 2. The number of aromatic nitrogens is 1. The predicted octanol–water partition coefficient (Wildman–Crippen LogP) is 0.716. The minimum Gasteiger partial charge on any atom is -1.00 e. The molecular weight excluding hydrogens is 572 g/mol. The molecule has 0 radical (unpaired) electrons. The Balaban J connectivity index is 0.00000320. The first kappa shape index (κ1) is 28.1. The van der Waals surface area contributed by atoms with E-state index in [0.717, 1.165) is 25.9 Å². The van der Waals surface area contributed by atoms with Gasteiger partial charge in [-0.1, -0.05) is 12.1 Å². The highest BCUT2D eigenvalue weighted by Gasteiger charge is 2.56. The topological polar surface area (TPSA) is 102 Å². The third kappa shape index (κ3) is 5.62. The van der Waals surface area contributed by atoms with Gasteiger partial charge in [0.25, 0.3) is 5.91 Å². The first-order valence-corrected chi connectivity index (χ1v) is 13.5. The van der Waals surface area contributed by atoms with Crippen molar-refractivity contribution < 1.29 is 54.2 Å². The summed E-state index contributed by atoms with van der Waals surface area (Å²) in [4.78, 5) is 26.3. The number of carbonyl (C=O) groups excluding carboxylic acids is 2. The number of quaternary nitrogens is 1. The number of ether oxygens (including phenoxy) is 1. The number of halogens is 3. The maximum absolute atomic E-state index is 14.0. The number of aliphatic hydroxyl groups is 1. The summed E-state index contributed by atoms with van der Waals surface area (Å²) in [6.07, 6.45) is 0.895. The lowest BCUT2D eigenvalue weighted by atomic mass is 9.80. The summed E-state index contributed by atoms with van der Waals surface area (Å²) in [6, 6.07) is 3.30. The van der Waals surface area contributed by atoms with Crippen molar-refractivity contribution in [3.8, 4) is 0 Å². The summed E-state index contributed by atoms with van der Waals surface area (Å²) in [5.74, 6) is -3.70. The zero-order valence-corrected chi connectivity index (χ0v) is 23.0. The monoisotopic (exact) mass is 603 g/mol. The molecule has 2 aromatic rings. The molecule has 4 fully saturated rings. The van der Waals surface area contributed by atoms with Crippen molar-refractivity contribution in [1.29, 1.82) is 0 Å². The molecule has 1 saturated carbocycles. The number of thiophene rings is 1. The number of amides is 1. The lowest BCUT2D eigenvalue weighted by Gasteiger charge is -2.51. The standard InChI is InChI=1S/C25H31F2N3O5S.BrH/c1-2-19-11-21(29-35-19)28-22(31)14-30-8-4-16(5-9-30)20(13-30)34-23(32)25(33,18-6-10-36-15-18)17-3-7-24(26,27)12-17;/h6,10-11,15-17,20,33H,2-5,7-9,12-14H2,1H3;1H/t16?,17?,20-,25?,30?;/m0./s1. The Kier molecular flexibility index (Phi) is 8.14. The van der Waals surface area contributed by atoms with Crippen molar-refractivity contribution in [1.82, 2.24) is 5.16 Å². The van der Waals surface area contributed by atoms with Gasteiger partial charge >= 0.3 is 5.97 Å². The summed E-state index contributed by atoms with van der Waals surface area (Å²) in [7, 11) is 0. The van der Waals surface area contributed by atoms with Gasteiger partial charge < -0.3 is 41.1 Å². The van der Waals surface area contributed by atoms with Crippen LogP contribution < -0.4 is 22.3 Å². The molecule has 0 spiro atoms. The Morgan fingerprint density at radius 1 is 1.35 bits per heavy atom. The minimum absolute atomic E-state index is 0. The Labute approximate surface area is 228 Å². The van der Waals surface area contributed by atoms with Gasteiger partial charge in [-0.05, 0) is 23.2 Å². The van der Waals surface area contributed by atoms with Gasteiger partial charge in [-0.3, -0.25) is 4.79 Å². The van der Waals surface area contributed by atoms with E-state index < -0.39 is 35.9 Å². The number of fused-ring (bicyclic) bond motifs is 3. The first-order chi connectivity index (χ1) is 17.1. The number of carbonyl (C=O) groups is 2. The maximum Gasteiger partial charge on any atom is 0.343 e. The molecule has 2 N–H and O–H groups in total. The molecule has 12 heteroatoms. The second kappa shape index (κ2) is 10.7. The number of nitrogens with one attached hydrogen (secondary N) is 1. The Morgan fingerprint density at radius 2 is 2.11 bits per heavy atom. The number of rotatable bonds is 8. The molecule has 2 bridgehead atoms. The van der Waals surface area contributed by atoms with E-state index >= 15 is 0 Å². The third-order valence-corrected chi connectivity index (χ3v) is 8.90. The number of esters is 1. The lowest BCUT2D eigenvalue weighted by Crippen LogP contribution is -3.00. The van der Waals surface area contributed by atoms with Crippen LogP contribution in [0.4, 0.5) is 14.6 Å². The smallest absolute Gasteiger partial charge is 0.343 e. The number of hydrogen-bond acceptors (Lipinski definition) is 7. The van der Waals surface area contributed by atoms with Gasteiger partial charge in [0.05, 0.1) is 13.1 Å². The molecule has 3 aliphatic heterocycles. The summed E-state index contributed by atoms with van der Waals surface area (Å²) in [6.45, 7) is 4.16. The molecule has 37 heavy (non-hydrogen) atoms. The zero-order chi connectivity index (χ0) is 25.6. The fraction of sp³-hybridized carbons (Fsp3) is 0.640. The maximum atomic E-state index is 14.0. The molecule has 0 aromatic carbocycles. The van der Waals surface area contributed by atoms with Crippen LogP contribution in [0, 0.1) is 11.8 Å². The molecule has 2 unspecified atom stereocenters. The highest BCUT2D eigenvalue weighted by Crippen LogP contribution is 2.49. The van der Waals surface area contributed by atoms with Gasteiger partial charge in [0.2, 0.25) is 5.92 Å². The number of aryl methyl sites for hydroxylation is 1. The lowest BCUT2D eigenvalue weighted by molar-refractivity contribution is -0.939. The average molecular weight is 605 g/mol. The van der Waals surface area contributed by atoms with Gasteiger partial charge in [-0.15, -0.1) is 0 Å². The summed E-state index contributed by atoms with van der Waals surface area (Å²) >= 11 is 1.30. The van der Waals surface area contributed by atoms with Crippen LogP contribution in [0.1, 0.15) is 50.4 Å². The molecule has 3 saturated heterocycles. The van der Waals surface area contributed by atoms with E-state index in [2.05, 4.69) is 10.5 Å². The third-order valence-electron chi connectivity index (χ3n) is 8.22. The van der Waals surface area contributed by atoms with Crippen molar-refractivity contribution in [3.63, 3.8) is 0 Å². The summed E-state index contributed by atoms with van der Waals surface area (Å²) in [5.41, 5.74) is -1.80. The van der Waals surface area contributed by atoms with E-state index in [-0.39, 0.29) is 48.2 Å². The van der Waals surface area contributed by atoms with Crippen molar-refractivity contribution >= 4 is 29.0 Å². The molecule has 6 rings (SSSR count). The van der Waals surface area contributed by atoms with Crippen LogP contribution in [0.2, 0.25) is 0 Å². The number of hydrogen-bond donors (Lipinski definition) is 2. The summed E-state index contributed by atoms with van der Waals surface area (Å²) < 4.78 is 39.6. The molecule has 4 aliphatic rings. The SMILES string of the molecule is CCc1cc(NC(=O)C[N+]23CCC(CC2)[C@@H](OC(=O)C(O)(c2ccsc2)C2CCC(F)(F)C2)C3)no1.[Br-]. The molecule has 1 aliphatic carbocycles. The predicted molar refractivity (Wildman–Crippen MR) is 127 cm³/mol. The van der Waals surface area contributed by atoms with Crippen molar-refractivity contribution in [2.45, 2.75) is 63.1 Å². The molecule has 5 heterocycles. The van der Waals surface area contributed by atoms with Crippen LogP contribution in [-0.2, 0) is 26.3 Å². The van der Waals surface area contributed by atoms with E-state index in [1.54, 1.807) is 22.9 Å². The molecule has 2 aromatic heterocycles. The number of anilines is 1. The van der Waals surface area contributed by atoms with Gasteiger partial charge in [0.1, 0.15) is 12.3 Å². The van der Waals surface area contributed by atoms with Crippen LogP contribution in [0.3, 0.4) is 0 Å². The largest absolute Gasteiger partial charge is 1.00 e. The zero-order valence-electron chi connectivity index (χ0n) is 20.6. The van der Waals surface area contributed by atoms with E-state index in [0.29, 0.717) is 34.6 Å². The highest BCUT2D eigenvalue weighted by molar-refractivity contribution is 7.08. The van der Waals surface area contributed by atoms with Crippen molar-refractivity contribution in [3.05, 3.63) is 34.2 Å².